The Balaban J connectivity index is 1.46. The number of hydrogen-bond donors (Lipinski definition) is 4. The number of carbonyl (C=O) groups is 2. The molecule has 11 nitrogen and oxygen atoms in total. The van der Waals surface area contributed by atoms with E-state index in [1.54, 1.807) is 27.8 Å². The van der Waals surface area contributed by atoms with Gasteiger partial charge in [0, 0.05) is 13.7 Å². The molecular formula is C25H44N6O5. The van der Waals surface area contributed by atoms with Crippen molar-refractivity contribution in [2.75, 3.05) is 26.9 Å². The van der Waals surface area contributed by atoms with Gasteiger partial charge in [-0.05, 0) is 84.5 Å². The lowest BCUT2D eigenvalue weighted by molar-refractivity contribution is -0.128. The molecule has 0 aromatic carbocycles. The van der Waals surface area contributed by atoms with Crippen molar-refractivity contribution in [3.05, 3.63) is 11.4 Å². The average Bonchev–Trinajstić information content (AvgIpc) is 3.25. The van der Waals surface area contributed by atoms with Gasteiger partial charge in [0.25, 0.3) is 0 Å². The molecule has 2 amide bonds. The summed E-state index contributed by atoms with van der Waals surface area (Å²) in [6.07, 6.45) is 3.97. The second-order valence-electron chi connectivity index (χ2n) is 11.8. The van der Waals surface area contributed by atoms with Crippen LogP contribution in [0.25, 0.3) is 0 Å². The lowest BCUT2D eigenvalue weighted by Gasteiger charge is -2.31. The van der Waals surface area contributed by atoms with Gasteiger partial charge in [-0.2, -0.15) is 0 Å². The largest absolute Gasteiger partial charge is 0.449 e. The normalized spacial score (nSPS) is 23.4. The van der Waals surface area contributed by atoms with E-state index in [1.165, 1.54) is 0 Å². The Morgan fingerprint density at radius 1 is 1.17 bits per heavy atom. The highest BCUT2D eigenvalue weighted by atomic mass is 16.6. The quantitative estimate of drug-likeness (QED) is 0.328. The number of hydrogen-bond acceptors (Lipinski definition) is 8. The summed E-state index contributed by atoms with van der Waals surface area (Å²) in [6, 6.07) is 0. The molecule has 5 N–H and O–H groups in total. The molecule has 0 radical (unpaired) electrons. The van der Waals surface area contributed by atoms with Crippen molar-refractivity contribution < 1.29 is 24.2 Å². The fourth-order valence-electron chi connectivity index (χ4n) is 5.23. The van der Waals surface area contributed by atoms with E-state index in [2.05, 4.69) is 34.8 Å². The highest BCUT2D eigenvalue weighted by molar-refractivity contribution is 5.76. The van der Waals surface area contributed by atoms with Gasteiger partial charge in [0.15, 0.2) is 0 Å². The van der Waals surface area contributed by atoms with Gasteiger partial charge in [-0.1, -0.05) is 5.21 Å². The third kappa shape index (κ3) is 7.17. The van der Waals surface area contributed by atoms with Gasteiger partial charge in [0.05, 0.1) is 42.2 Å². The van der Waals surface area contributed by atoms with Crippen LogP contribution in [-0.4, -0.2) is 70.2 Å². The van der Waals surface area contributed by atoms with Crippen LogP contribution in [0.2, 0.25) is 0 Å². The van der Waals surface area contributed by atoms with Crippen molar-refractivity contribution in [3.8, 4) is 0 Å². The third-order valence-corrected chi connectivity index (χ3v) is 7.50. The van der Waals surface area contributed by atoms with E-state index in [0.29, 0.717) is 30.8 Å². The Labute approximate surface area is 213 Å². The fraction of sp³-hybridized carbons (Fsp3) is 0.840. The molecule has 4 atom stereocenters. The van der Waals surface area contributed by atoms with E-state index in [1.807, 2.05) is 4.68 Å². The number of aliphatic hydroxyl groups excluding tert-OH is 1. The Morgan fingerprint density at radius 2 is 1.83 bits per heavy atom. The van der Waals surface area contributed by atoms with Crippen molar-refractivity contribution in [1.82, 2.24) is 25.6 Å². The van der Waals surface area contributed by atoms with Crippen LogP contribution in [-0.2, 0) is 32.6 Å². The van der Waals surface area contributed by atoms with Crippen LogP contribution < -0.4 is 16.4 Å². The van der Waals surface area contributed by atoms with E-state index in [0.717, 1.165) is 37.1 Å². The lowest BCUT2D eigenvalue weighted by atomic mass is 9.97. The Kier molecular flexibility index (Phi) is 8.67. The predicted molar refractivity (Wildman–Crippen MR) is 134 cm³/mol. The summed E-state index contributed by atoms with van der Waals surface area (Å²) >= 11 is 0. The zero-order chi connectivity index (χ0) is 26.7. The summed E-state index contributed by atoms with van der Waals surface area (Å²) in [4.78, 5) is 24.1. The molecule has 11 heteroatoms. The second-order valence-corrected chi connectivity index (χ2v) is 11.8. The van der Waals surface area contributed by atoms with Crippen molar-refractivity contribution in [3.63, 3.8) is 0 Å². The Bertz CT molecular complexity index is 928. The number of ether oxygens (including phenoxy) is 2. The zero-order valence-corrected chi connectivity index (χ0v) is 22.6. The second kappa shape index (κ2) is 11.0. The van der Waals surface area contributed by atoms with Crippen molar-refractivity contribution >= 4 is 12.0 Å². The minimum atomic E-state index is -1.14. The molecule has 0 aliphatic heterocycles. The molecule has 2 aliphatic carbocycles. The predicted octanol–water partition coefficient (Wildman–Crippen LogP) is 1.47. The van der Waals surface area contributed by atoms with Crippen molar-refractivity contribution in [1.29, 1.82) is 0 Å². The van der Waals surface area contributed by atoms with Gasteiger partial charge < -0.3 is 30.9 Å². The molecule has 3 rings (SSSR count). The van der Waals surface area contributed by atoms with Crippen LogP contribution in [0.4, 0.5) is 4.79 Å². The fourth-order valence-corrected chi connectivity index (χ4v) is 5.23. The van der Waals surface area contributed by atoms with Gasteiger partial charge in [-0.15, -0.1) is 5.10 Å². The number of aromatic nitrogens is 3. The first-order valence-corrected chi connectivity index (χ1v) is 12.9. The maximum atomic E-state index is 12.5. The molecule has 0 saturated heterocycles. The van der Waals surface area contributed by atoms with Gasteiger partial charge in [0.2, 0.25) is 5.91 Å². The van der Waals surface area contributed by atoms with Gasteiger partial charge in [-0.25, -0.2) is 9.48 Å². The summed E-state index contributed by atoms with van der Waals surface area (Å²) < 4.78 is 13.3. The maximum absolute atomic E-state index is 12.5. The minimum Gasteiger partial charge on any atom is -0.449 e. The molecular weight excluding hydrogens is 464 g/mol. The molecule has 1 fully saturated rings. The van der Waals surface area contributed by atoms with Crippen LogP contribution in [0.5, 0.6) is 0 Å². The SMILES string of the molecule is CNC(=O)CC(C)(C)OCC(C)(N)NC(=O)OCC1C2CCc3nnn(C(C)(C)CCO)c3CCC21. The van der Waals surface area contributed by atoms with Crippen molar-refractivity contribution in [2.24, 2.45) is 23.5 Å². The monoisotopic (exact) mass is 508 g/mol. The van der Waals surface area contributed by atoms with Crippen LogP contribution in [0.1, 0.15) is 71.7 Å². The molecule has 1 aromatic rings. The van der Waals surface area contributed by atoms with Gasteiger partial charge >= 0.3 is 6.09 Å². The molecule has 36 heavy (non-hydrogen) atoms. The summed E-state index contributed by atoms with van der Waals surface area (Å²) in [6.45, 7) is 9.90. The molecule has 2 aliphatic rings. The molecule has 0 bridgehead atoms. The number of fused-ring (bicyclic) bond motifs is 2. The first-order valence-electron chi connectivity index (χ1n) is 12.9. The highest BCUT2D eigenvalue weighted by Crippen LogP contribution is 2.53. The maximum Gasteiger partial charge on any atom is 0.408 e. The average molecular weight is 509 g/mol. The number of rotatable bonds is 11. The number of carbonyl (C=O) groups excluding carboxylic acids is 2. The molecule has 4 unspecified atom stereocenters. The first kappa shape index (κ1) is 28.3. The summed E-state index contributed by atoms with van der Waals surface area (Å²) in [5, 5.41) is 23.5. The van der Waals surface area contributed by atoms with Crippen molar-refractivity contribution in [2.45, 2.75) is 89.9 Å². The highest BCUT2D eigenvalue weighted by Gasteiger charge is 2.50. The molecule has 204 valence electrons. The van der Waals surface area contributed by atoms with Crippen LogP contribution in [0.15, 0.2) is 0 Å². The van der Waals surface area contributed by atoms with Gasteiger partial charge in [0.1, 0.15) is 5.66 Å². The number of nitrogens with two attached hydrogens (primary N) is 1. The Hall–Kier alpha value is -2.24. The first-order chi connectivity index (χ1) is 16.8. The zero-order valence-electron chi connectivity index (χ0n) is 22.6. The van der Waals surface area contributed by atoms with Crippen LogP contribution in [0.3, 0.4) is 0 Å². The van der Waals surface area contributed by atoms with E-state index < -0.39 is 17.4 Å². The van der Waals surface area contributed by atoms with E-state index in [-0.39, 0.29) is 31.1 Å². The number of amides is 2. The number of aliphatic hydroxyl groups is 1. The standard InChI is InChI=1S/C25H44N6O5/c1-23(2,11-12-32)31-20-10-8-17-16(7-9-19(20)29-30-31)18(17)14-35-22(34)28-25(5,26)15-36-24(3,4)13-21(33)27-6/h16-18,32H,7-15,26H2,1-6H3,(H,27,33)(H,28,34). The van der Waals surface area contributed by atoms with E-state index >= 15 is 0 Å². The smallest absolute Gasteiger partial charge is 0.408 e. The number of alkyl carbamates (subject to hydrolysis) is 1. The van der Waals surface area contributed by atoms with Gasteiger partial charge in [-0.3, -0.25) is 4.79 Å². The van der Waals surface area contributed by atoms with Crippen LogP contribution in [0, 0.1) is 17.8 Å². The Morgan fingerprint density at radius 3 is 2.47 bits per heavy atom. The number of nitrogens with one attached hydrogen (secondary N) is 2. The molecule has 1 heterocycles. The topological polar surface area (TPSA) is 154 Å². The summed E-state index contributed by atoms with van der Waals surface area (Å²) in [7, 11) is 1.58. The summed E-state index contributed by atoms with van der Waals surface area (Å²) in [5.74, 6) is 1.22. The third-order valence-electron chi connectivity index (χ3n) is 7.50. The van der Waals surface area contributed by atoms with Crippen LogP contribution >= 0.6 is 0 Å². The van der Waals surface area contributed by atoms with E-state index in [9.17, 15) is 14.7 Å². The minimum absolute atomic E-state index is 0.0374. The summed E-state index contributed by atoms with van der Waals surface area (Å²) in [5.41, 5.74) is 6.27. The van der Waals surface area contributed by atoms with E-state index in [4.69, 9.17) is 15.2 Å². The lowest BCUT2D eigenvalue weighted by Crippen LogP contribution is -2.58. The molecule has 1 saturated carbocycles. The number of aryl methyl sites for hydroxylation is 1. The molecule has 1 aromatic heterocycles. The number of nitrogens with zero attached hydrogens (tertiary/aromatic N) is 3. The molecule has 0 spiro atoms.